The van der Waals surface area contributed by atoms with Crippen molar-refractivity contribution in [3.63, 3.8) is 0 Å². The van der Waals surface area contributed by atoms with Gasteiger partial charge in [-0.25, -0.2) is 0 Å². The van der Waals surface area contributed by atoms with Crippen LogP contribution in [0.2, 0.25) is 5.02 Å². The Kier molecular flexibility index (Phi) is 4.46. The summed E-state index contributed by atoms with van der Waals surface area (Å²) in [6, 6.07) is 4.58. The van der Waals surface area contributed by atoms with E-state index in [1.807, 2.05) is 13.8 Å². The number of aromatic hydroxyl groups is 1. The summed E-state index contributed by atoms with van der Waals surface area (Å²) in [6.07, 6.45) is 0. The van der Waals surface area contributed by atoms with Crippen molar-refractivity contribution < 1.29 is 5.11 Å². The minimum Gasteiger partial charge on any atom is -0.506 e. The van der Waals surface area contributed by atoms with Gasteiger partial charge in [0.15, 0.2) is 0 Å². The first-order valence-corrected chi connectivity index (χ1v) is 3.82. The van der Waals surface area contributed by atoms with Crippen LogP contribution in [0.15, 0.2) is 18.2 Å². The minimum atomic E-state index is 0.0247. The highest BCUT2D eigenvalue weighted by Crippen LogP contribution is 2.24. The molecule has 0 amide bonds. The van der Waals surface area contributed by atoms with Crippen molar-refractivity contribution in [1.29, 1.82) is 0 Å². The largest absolute Gasteiger partial charge is 0.506 e. The van der Waals surface area contributed by atoms with Gasteiger partial charge in [0.1, 0.15) is 5.75 Å². The number of phenolic OH excluding ortho intramolecular Hbond substituents is 1. The van der Waals surface area contributed by atoms with Gasteiger partial charge in [-0.3, -0.25) is 0 Å². The van der Waals surface area contributed by atoms with E-state index in [-0.39, 0.29) is 5.75 Å². The van der Waals surface area contributed by atoms with Crippen molar-refractivity contribution in [3.05, 3.63) is 23.2 Å². The highest BCUT2D eigenvalue weighted by atomic mass is 35.5. The van der Waals surface area contributed by atoms with Crippen LogP contribution in [0.5, 0.6) is 5.75 Å². The van der Waals surface area contributed by atoms with Gasteiger partial charge in [-0.05, 0) is 12.1 Å². The van der Waals surface area contributed by atoms with Crippen LogP contribution in [0.3, 0.4) is 0 Å². The average molecular weight is 174 g/mol. The molecule has 0 bridgehead atoms. The molecule has 1 aromatic rings. The molecule has 0 fully saturated rings. The molecule has 0 saturated carbocycles. The van der Waals surface area contributed by atoms with Crippen LogP contribution in [0.1, 0.15) is 13.8 Å². The Bertz CT molecular complexity index is 225. The van der Waals surface area contributed by atoms with Gasteiger partial charge in [-0.1, -0.05) is 25.4 Å². The van der Waals surface area contributed by atoms with Gasteiger partial charge >= 0.3 is 0 Å². The Hall–Kier alpha value is -0.890. The summed E-state index contributed by atoms with van der Waals surface area (Å²) in [7, 11) is 0. The maximum absolute atomic E-state index is 8.89. The maximum atomic E-state index is 8.89. The van der Waals surface area contributed by atoms with Crippen molar-refractivity contribution >= 4 is 17.3 Å². The molecule has 2 nitrogen and oxygen atoms in total. The molecule has 3 heteroatoms. The van der Waals surface area contributed by atoms with E-state index in [9.17, 15) is 0 Å². The third-order valence-corrected chi connectivity index (χ3v) is 1.29. The maximum Gasteiger partial charge on any atom is 0.136 e. The standard InChI is InChI=1S/C6H6ClNO.C2H6/c7-5-2-1-4(8)3-6(5)9;1-2/h1-3,9H,8H2;1-2H3. The van der Waals surface area contributed by atoms with Gasteiger partial charge in [0.2, 0.25) is 0 Å². The SMILES string of the molecule is CC.Nc1ccc(Cl)c(O)c1. The fraction of sp³-hybridized carbons (Fsp3) is 0.250. The molecule has 62 valence electrons. The molecular weight excluding hydrogens is 162 g/mol. The zero-order chi connectivity index (χ0) is 8.85. The third-order valence-electron chi connectivity index (χ3n) is 0.970. The lowest BCUT2D eigenvalue weighted by Gasteiger charge is -1.95. The van der Waals surface area contributed by atoms with Gasteiger partial charge < -0.3 is 10.8 Å². The second kappa shape index (κ2) is 4.85. The van der Waals surface area contributed by atoms with Crippen LogP contribution in [-0.4, -0.2) is 5.11 Å². The predicted molar refractivity (Wildman–Crippen MR) is 48.9 cm³/mol. The molecule has 0 atom stereocenters. The molecule has 0 heterocycles. The topological polar surface area (TPSA) is 46.2 Å². The van der Waals surface area contributed by atoms with E-state index in [1.54, 1.807) is 12.1 Å². The molecule has 0 aliphatic heterocycles. The minimum absolute atomic E-state index is 0.0247. The molecule has 0 saturated heterocycles. The highest BCUT2D eigenvalue weighted by Gasteiger charge is 1.94. The van der Waals surface area contributed by atoms with Crippen LogP contribution >= 0.6 is 11.6 Å². The predicted octanol–water partition coefficient (Wildman–Crippen LogP) is 2.65. The van der Waals surface area contributed by atoms with E-state index in [1.165, 1.54) is 6.07 Å². The molecule has 0 spiro atoms. The van der Waals surface area contributed by atoms with E-state index in [2.05, 4.69) is 0 Å². The number of phenols is 1. The van der Waals surface area contributed by atoms with Gasteiger partial charge in [-0.2, -0.15) is 0 Å². The number of hydrogen-bond acceptors (Lipinski definition) is 2. The van der Waals surface area contributed by atoms with Crippen LogP contribution in [0.25, 0.3) is 0 Å². The average Bonchev–Trinajstić information content (AvgIpc) is 2.02. The first-order chi connectivity index (χ1) is 5.20. The first kappa shape index (κ1) is 10.1. The van der Waals surface area contributed by atoms with Crippen molar-refractivity contribution in [2.45, 2.75) is 13.8 Å². The molecule has 0 radical (unpaired) electrons. The van der Waals surface area contributed by atoms with Crippen LogP contribution in [-0.2, 0) is 0 Å². The zero-order valence-corrected chi connectivity index (χ0v) is 7.39. The Balaban J connectivity index is 0.000000461. The van der Waals surface area contributed by atoms with E-state index in [0.717, 1.165) is 0 Å². The lowest BCUT2D eigenvalue weighted by atomic mass is 10.3. The smallest absolute Gasteiger partial charge is 0.136 e. The molecule has 3 N–H and O–H groups in total. The van der Waals surface area contributed by atoms with Crippen LogP contribution in [0, 0.1) is 0 Å². The summed E-state index contributed by atoms with van der Waals surface area (Å²) in [5, 5.41) is 9.21. The molecule has 1 rings (SSSR count). The fourth-order valence-corrected chi connectivity index (χ4v) is 0.647. The van der Waals surface area contributed by atoms with Crippen molar-refractivity contribution in [1.82, 2.24) is 0 Å². The second-order valence-electron chi connectivity index (χ2n) is 1.71. The monoisotopic (exact) mass is 173 g/mol. The van der Waals surface area contributed by atoms with E-state index in [4.69, 9.17) is 22.4 Å². The van der Waals surface area contributed by atoms with Gasteiger partial charge in [-0.15, -0.1) is 0 Å². The zero-order valence-electron chi connectivity index (χ0n) is 6.63. The molecule has 0 unspecified atom stereocenters. The molecule has 1 aromatic carbocycles. The van der Waals surface area contributed by atoms with Crippen LogP contribution in [0.4, 0.5) is 5.69 Å². The molecule has 0 aliphatic carbocycles. The summed E-state index contributed by atoms with van der Waals surface area (Å²) in [6.45, 7) is 4.00. The van der Waals surface area contributed by atoms with E-state index < -0.39 is 0 Å². The lowest BCUT2D eigenvalue weighted by molar-refractivity contribution is 0.476. The Labute approximate surface area is 71.6 Å². The Morgan fingerprint density at radius 2 is 1.91 bits per heavy atom. The number of benzene rings is 1. The summed E-state index contributed by atoms with van der Waals surface area (Å²) in [5.41, 5.74) is 5.82. The van der Waals surface area contributed by atoms with E-state index in [0.29, 0.717) is 10.7 Å². The second-order valence-corrected chi connectivity index (χ2v) is 2.12. The van der Waals surface area contributed by atoms with Gasteiger partial charge in [0, 0.05) is 11.8 Å². The van der Waals surface area contributed by atoms with E-state index >= 15 is 0 Å². The molecule has 0 aromatic heterocycles. The van der Waals surface area contributed by atoms with Gasteiger partial charge in [0.25, 0.3) is 0 Å². The van der Waals surface area contributed by atoms with Gasteiger partial charge in [0.05, 0.1) is 5.02 Å². The van der Waals surface area contributed by atoms with Crippen molar-refractivity contribution in [3.8, 4) is 5.75 Å². The fourth-order valence-electron chi connectivity index (χ4n) is 0.530. The third kappa shape index (κ3) is 3.14. The normalized spacial score (nSPS) is 8.27. The number of rotatable bonds is 0. The van der Waals surface area contributed by atoms with Crippen molar-refractivity contribution in [2.24, 2.45) is 0 Å². The Morgan fingerprint density at radius 1 is 1.36 bits per heavy atom. The number of nitrogens with two attached hydrogens (primary N) is 1. The highest BCUT2D eigenvalue weighted by molar-refractivity contribution is 6.32. The number of anilines is 1. The Morgan fingerprint density at radius 3 is 2.27 bits per heavy atom. The summed E-state index contributed by atoms with van der Waals surface area (Å²) in [4.78, 5) is 0. The molecule has 0 aliphatic rings. The number of nitrogen functional groups attached to an aromatic ring is 1. The summed E-state index contributed by atoms with van der Waals surface area (Å²) >= 11 is 5.48. The summed E-state index contributed by atoms with van der Waals surface area (Å²) in [5.74, 6) is 0.0247. The quantitative estimate of drug-likeness (QED) is 0.593. The first-order valence-electron chi connectivity index (χ1n) is 3.44. The molecular formula is C8H12ClNO. The van der Waals surface area contributed by atoms with Crippen LogP contribution < -0.4 is 5.73 Å². The lowest BCUT2D eigenvalue weighted by Crippen LogP contribution is -1.81. The number of halogens is 1. The summed E-state index contributed by atoms with van der Waals surface area (Å²) < 4.78 is 0. The number of hydrogen-bond donors (Lipinski definition) is 2. The van der Waals surface area contributed by atoms with Crippen molar-refractivity contribution in [2.75, 3.05) is 5.73 Å². The molecule has 11 heavy (non-hydrogen) atoms.